The molecule has 5 heteroatoms. The number of hydrogen-bond acceptors (Lipinski definition) is 4. The van der Waals surface area contributed by atoms with Gasteiger partial charge in [-0.1, -0.05) is 29.5 Å². The van der Waals surface area contributed by atoms with Crippen molar-refractivity contribution in [2.75, 3.05) is 0 Å². The van der Waals surface area contributed by atoms with Crippen LogP contribution in [0.15, 0.2) is 34.1 Å². The Morgan fingerprint density at radius 1 is 1.24 bits per heavy atom. The Morgan fingerprint density at radius 3 is 3.10 bits per heavy atom. The number of rotatable bonds is 0. The van der Waals surface area contributed by atoms with Gasteiger partial charge in [-0.3, -0.25) is 4.79 Å². The second kappa shape index (κ2) is 4.40. The van der Waals surface area contributed by atoms with Gasteiger partial charge in [0, 0.05) is 27.5 Å². The smallest absolute Gasteiger partial charge is 0.305 e. The third-order valence-electron chi connectivity index (χ3n) is 4.95. The zero-order chi connectivity index (χ0) is 14.0. The van der Waals surface area contributed by atoms with Crippen LogP contribution in [0.1, 0.15) is 35.6 Å². The fourth-order valence-corrected chi connectivity index (χ4v) is 6.86. The molecule has 5 rings (SSSR count). The average Bonchev–Trinajstić information content (AvgIpc) is 2.87. The molecular formula is C16H15NO2S2. The lowest BCUT2D eigenvalue weighted by Gasteiger charge is -2.48. The van der Waals surface area contributed by atoms with Crippen molar-refractivity contribution in [2.45, 2.75) is 41.6 Å². The van der Waals surface area contributed by atoms with Crippen LogP contribution in [0, 0.1) is 5.92 Å². The summed E-state index contributed by atoms with van der Waals surface area (Å²) in [5.74, 6) is 1.87. The number of thioether (sulfide) groups is 1. The molecule has 1 aliphatic carbocycles. The summed E-state index contributed by atoms with van der Waals surface area (Å²) in [7, 11) is 0. The maximum Gasteiger partial charge on any atom is 0.305 e. The number of ether oxygens (including phenoxy) is 1. The molecule has 3 heterocycles. The summed E-state index contributed by atoms with van der Waals surface area (Å²) in [5, 5.41) is 1.67. The quantitative estimate of drug-likeness (QED) is 0.807. The molecule has 1 fully saturated rings. The molecule has 0 bridgehead atoms. The summed E-state index contributed by atoms with van der Waals surface area (Å²) in [6.07, 6.45) is 3.89. The minimum Gasteiger partial charge on any atom is -0.490 e. The van der Waals surface area contributed by atoms with Crippen molar-refractivity contribution in [1.82, 2.24) is 4.98 Å². The number of fused-ring (bicyclic) bond motifs is 4. The van der Waals surface area contributed by atoms with Crippen LogP contribution in [0.25, 0.3) is 0 Å². The molecule has 1 saturated carbocycles. The molecule has 0 spiro atoms. The topological polar surface area (TPSA) is 42.1 Å². The fraction of sp³-hybridized carbons (Fsp3) is 0.438. The maximum absolute atomic E-state index is 11.9. The van der Waals surface area contributed by atoms with Gasteiger partial charge in [0.25, 0.3) is 0 Å². The van der Waals surface area contributed by atoms with Crippen molar-refractivity contribution in [3.8, 4) is 5.75 Å². The van der Waals surface area contributed by atoms with E-state index >= 15 is 0 Å². The highest BCUT2D eigenvalue weighted by molar-refractivity contribution is 8.00. The van der Waals surface area contributed by atoms with Gasteiger partial charge in [0.05, 0.1) is 5.03 Å². The number of thiazole rings is 1. The Bertz CT molecular complexity index is 766. The second-order valence-corrected chi connectivity index (χ2v) is 8.31. The molecule has 1 aromatic carbocycles. The third kappa shape index (κ3) is 1.70. The van der Waals surface area contributed by atoms with E-state index < -0.39 is 0 Å². The van der Waals surface area contributed by atoms with E-state index in [0.29, 0.717) is 23.2 Å². The first-order valence-corrected chi connectivity index (χ1v) is 9.16. The Morgan fingerprint density at radius 2 is 2.14 bits per heavy atom. The predicted octanol–water partition coefficient (Wildman–Crippen LogP) is 3.60. The molecule has 2 aliphatic heterocycles. The molecule has 3 nitrogen and oxygen atoms in total. The van der Waals surface area contributed by atoms with Gasteiger partial charge in [0.1, 0.15) is 11.9 Å². The van der Waals surface area contributed by atoms with E-state index in [1.54, 1.807) is 0 Å². The lowest BCUT2D eigenvalue weighted by molar-refractivity contribution is 0.0666. The third-order valence-corrected chi connectivity index (χ3v) is 7.45. The van der Waals surface area contributed by atoms with Crippen LogP contribution >= 0.6 is 23.1 Å². The van der Waals surface area contributed by atoms with Crippen molar-refractivity contribution >= 4 is 23.1 Å². The molecule has 0 saturated heterocycles. The number of aromatic amines is 1. The standard InChI is InChI=1S/C16H15NO2S2/c18-16-17-15-14(21-16)12-8-4-1-2-5-9(8)19-10-6-3-7-11(20-15)13(10)12/h1-2,4-5,10-13H,3,6-7H2,(H,17,18)/t10-,11-,12+,13-/m0/s1. The van der Waals surface area contributed by atoms with E-state index in [1.807, 2.05) is 17.8 Å². The van der Waals surface area contributed by atoms with E-state index in [2.05, 4.69) is 23.2 Å². The van der Waals surface area contributed by atoms with E-state index in [-0.39, 0.29) is 4.87 Å². The molecule has 0 radical (unpaired) electrons. The van der Waals surface area contributed by atoms with Gasteiger partial charge in [0.2, 0.25) is 0 Å². The van der Waals surface area contributed by atoms with Gasteiger partial charge in [-0.25, -0.2) is 0 Å². The lowest BCUT2D eigenvalue weighted by atomic mass is 9.72. The molecule has 3 aliphatic rings. The van der Waals surface area contributed by atoms with E-state index in [9.17, 15) is 4.79 Å². The van der Waals surface area contributed by atoms with Crippen LogP contribution < -0.4 is 9.61 Å². The first kappa shape index (κ1) is 12.4. The van der Waals surface area contributed by atoms with Gasteiger partial charge >= 0.3 is 4.87 Å². The largest absolute Gasteiger partial charge is 0.490 e. The summed E-state index contributed by atoms with van der Waals surface area (Å²) < 4.78 is 6.30. The highest BCUT2D eigenvalue weighted by Gasteiger charge is 2.50. The summed E-state index contributed by atoms with van der Waals surface area (Å²) in [6.45, 7) is 0. The Hall–Kier alpha value is -1.20. The zero-order valence-electron chi connectivity index (χ0n) is 11.4. The molecule has 1 N–H and O–H groups in total. The van der Waals surface area contributed by atoms with Gasteiger partial charge < -0.3 is 9.72 Å². The second-order valence-electron chi connectivity index (χ2n) is 6.04. The number of benzene rings is 1. The summed E-state index contributed by atoms with van der Waals surface area (Å²) in [5.41, 5.74) is 1.27. The SMILES string of the molecule is O=c1[nH]c2c(s1)[C@@H]1c3ccccc3O[C@H]3CCC[C@H](S2)[C@@H]13. The Kier molecular flexibility index (Phi) is 2.59. The van der Waals surface area contributed by atoms with Crippen LogP contribution in [0.2, 0.25) is 0 Å². The van der Waals surface area contributed by atoms with Crippen molar-refractivity contribution < 1.29 is 4.74 Å². The van der Waals surface area contributed by atoms with Gasteiger partial charge in [-0.15, -0.1) is 11.8 Å². The molecule has 108 valence electrons. The molecule has 21 heavy (non-hydrogen) atoms. The minimum atomic E-state index is 0.0756. The molecule has 1 aromatic heterocycles. The van der Waals surface area contributed by atoms with E-state index in [1.165, 1.54) is 34.6 Å². The van der Waals surface area contributed by atoms with Crippen molar-refractivity contribution in [3.63, 3.8) is 0 Å². The molecule has 0 amide bonds. The van der Waals surface area contributed by atoms with Crippen LogP contribution in [0.5, 0.6) is 5.75 Å². The molecule has 2 aromatic rings. The molecule has 0 unspecified atom stereocenters. The highest BCUT2D eigenvalue weighted by Crippen LogP contribution is 2.57. The number of H-pyrrole nitrogens is 1. The maximum atomic E-state index is 11.9. The van der Waals surface area contributed by atoms with Crippen molar-refractivity contribution in [2.24, 2.45) is 5.92 Å². The monoisotopic (exact) mass is 317 g/mol. The van der Waals surface area contributed by atoms with Crippen LogP contribution in [0.3, 0.4) is 0 Å². The lowest BCUT2D eigenvalue weighted by Crippen LogP contribution is -2.46. The summed E-state index contributed by atoms with van der Waals surface area (Å²) in [6, 6.07) is 8.37. The normalized spacial score (nSPS) is 32.6. The van der Waals surface area contributed by atoms with E-state index in [0.717, 1.165) is 17.2 Å². The first-order chi connectivity index (χ1) is 10.3. The van der Waals surface area contributed by atoms with Crippen LogP contribution in [0.4, 0.5) is 0 Å². The number of nitrogens with one attached hydrogen (secondary N) is 1. The Labute approximate surface area is 130 Å². The average molecular weight is 317 g/mol. The van der Waals surface area contributed by atoms with Gasteiger partial charge in [-0.2, -0.15) is 0 Å². The van der Waals surface area contributed by atoms with Crippen LogP contribution in [-0.2, 0) is 0 Å². The Balaban J connectivity index is 1.77. The minimum absolute atomic E-state index is 0.0756. The number of para-hydroxylation sites is 1. The summed E-state index contributed by atoms with van der Waals surface area (Å²) >= 11 is 3.26. The van der Waals surface area contributed by atoms with Gasteiger partial charge in [0.15, 0.2) is 0 Å². The van der Waals surface area contributed by atoms with Crippen molar-refractivity contribution in [3.05, 3.63) is 44.4 Å². The highest BCUT2D eigenvalue weighted by atomic mass is 32.2. The van der Waals surface area contributed by atoms with Crippen LogP contribution in [-0.4, -0.2) is 16.3 Å². The summed E-state index contributed by atoms with van der Waals surface area (Å²) in [4.78, 5) is 16.2. The number of hydrogen-bond donors (Lipinski definition) is 1. The predicted molar refractivity (Wildman–Crippen MR) is 84.6 cm³/mol. The molecule has 4 atom stereocenters. The van der Waals surface area contributed by atoms with Gasteiger partial charge in [-0.05, 0) is 25.3 Å². The number of aromatic nitrogens is 1. The zero-order valence-corrected chi connectivity index (χ0v) is 13.0. The molecular weight excluding hydrogens is 302 g/mol. The van der Waals surface area contributed by atoms with Crippen molar-refractivity contribution in [1.29, 1.82) is 0 Å². The van der Waals surface area contributed by atoms with E-state index in [4.69, 9.17) is 4.74 Å². The fourth-order valence-electron chi connectivity index (χ4n) is 4.15. The first-order valence-electron chi connectivity index (χ1n) is 7.46.